The fourth-order valence-electron chi connectivity index (χ4n) is 1.44. The molecule has 4 heteroatoms. The van der Waals surface area contributed by atoms with E-state index in [0.29, 0.717) is 5.69 Å². The maximum absolute atomic E-state index is 9.02. The zero-order valence-corrected chi connectivity index (χ0v) is 8.62. The second-order valence-electron chi connectivity index (χ2n) is 3.33. The lowest BCUT2D eigenvalue weighted by Crippen LogP contribution is -2.05. The normalized spacial score (nSPS) is 9.44. The van der Waals surface area contributed by atoms with Crippen LogP contribution in [0.5, 0.6) is 0 Å². The highest BCUT2D eigenvalue weighted by Crippen LogP contribution is 2.25. The van der Waals surface area contributed by atoms with Crippen LogP contribution in [0.15, 0.2) is 54.6 Å². The van der Waals surface area contributed by atoms with Crippen LogP contribution in [-0.2, 0) is 0 Å². The standard InChI is InChI=1S/C12H11N4/c13-10-6-8-12(9-7-10)16(15-14)11-4-2-1-3-5-11/h1-9H,13H2/q+1. The van der Waals surface area contributed by atoms with Crippen molar-refractivity contribution < 1.29 is 0 Å². The Bertz CT molecular complexity index is 499. The molecular weight excluding hydrogens is 200 g/mol. The number of anilines is 3. The Balaban J connectivity index is 2.38. The van der Waals surface area contributed by atoms with Gasteiger partial charge in [0.1, 0.15) is 11.4 Å². The number of benzene rings is 2. The van der Waals surface area contributed by atoms with E-state index in [1.807, 2.05) is 30.3 Å². The maximum atomic E-state index is 9.02. The fourth-order valence-corrected chi connectivity index (χ4v) is 1.44. The topological polar surface area (TPSA) is 57.4 Å². The molecule has 2 aromatic rings. The van der Waals surface area contributed by atoms with E-state index in [1.54, 1.807) is 24.3 Å². The molecule has 0 atom stereocenters. The third kappa shape index (κ3) is 1.93. The summed E-state index contributed by atoms with van der Waals surface area (Å²) in [7, 11) is 0. The van der Waals surface area contributed by atoms with Gasteiger partial charge in [-0.2, -0.15) is 0 Å². The number of nitrogen functional groups attached to an aromatic ring is 1. The summed E-state index contributed by atoms with van der Waals surface area (Å²) in [5, 5.41) is 13.7. The molecule has 0 saturated carbocycles. The van der Waals surface area contributed by atoms with Gasteiger partial charge >= 0.3 is 5.08 Å². The largest absolute Gasteiger partial charge is 0.399 e. The van der Waals surface area contributed by atoms with E-state index in [-0.39, 0.29) is 0 Å². The minimum absolute atomic E-state index is 0.676. The first kappa shape index (κ1) is 9.99. The van der Waals surface area contributed by atoms with Gasteiger partial charge in [-0.25, -0.2) is 0 Å². The minimum Gasteiger partial charge on any atom is -0.399 e. The van der Waals surface area contributed by atoms with Gasteiger partial charge in [0.15, 0.2) is 0 Å². The number of hydrogen-bond donors (Lipinski definition) is 1. The highest BCUT2D eigenvalue weighted by atomic mass is 15.5. The van der Waals surface area contributed by atoms with E-state index in [0.717, 1.165) is 11.4 Å². The van der Waals surface area contributed by atoms with Crippen molar-refractivity contribution >= 4 is 17.1 Å². The molecule has 2 N–H and O–H groups in total. The molecular formula is C12H11N4+. The summed E-state index contributed by atoms with van der Waals surface area (Å²) in [6.45, 7) is 0. The summed E-state index contributed by atoms with van der Waals surface area (Å²) >= 11 is 0. The van der Waals surface area contributed by atoms with Crippen molar-refractivity contribution in [1.82, 2.24) is 0 Å². The summed E-state index contributed by atoms with van der Waals surface area (Å²) in [5.41, 5.74) is 7.81. The van der Waals surface area contributed by atoms with Gasteiger partial charge in [-0.1, -0.05) is 18.2 Å². The predicted molar refractivity (Wildman–Crippen MR) is 64.5 cm³/mol. The molecule has 0 bridgehead atoms. The number of nitrogens with two attached hydrogens (primary N) is 1. The first-order valence-corrected chi connectivity index (χ1v) is 4.87. The number of para-hydroxylation sites is 1. The molecule has 0 aliphatic heterocycles. The SMILES string of the molecule is N#[N+]N(c1ccccc1)c1ccc(N)cc1. The Morgan fingerprint density at radius 2 is 1.44 bits per heavy atom. The molecule has 78 valence electrons. The van der Waals surface area contributed by atoms with E-state index in [1.165, 1.54) is 5.01 Å². The molecule has 0 radical (unpaired) electrons. The predicted octanol–water partition coefficient (Wildman–Crippen LogP) is 3.17. The summed E-state index contributed by atoms with van der Waals surface area (Å²) in [6, 6.07) is 16.5. The Morgan fingerprint density at radius 1 is 0.875 bits per heavy atom. The molecule has 16 heavy (non-hydrogen) atoms. The Labute approximate surface area is 93.5 Å². The van der Waals surface area contributed by atoms with Crippen molar-refractivity contribution in [2.45, 2.75) is 0 Å². The first-order chi connectivity index (χ1) is 7.81. The molecule has 0 aliphatic carbocycles. The number of rotatable bonds is 2. The van der Waals surface area contributed by atoms with Gasteiger partial charge in [-0.15, -0.1) is 0 Å². The van der Waals surface area contributed by atoms with Crippen molar-refractivity contribution in [3.63, 3.8) is 0 Å². The van der Waals surface area contributed by atoms with Crippen LogP contribution >= 0.6 is 0 Å². The van der Waals surface area contributed by atoms with Crippen LogP contribution in [0, 0.1) is 5.39 Å². The van der Waals surface area contributed by atoms with E-state index in [4.69, 9.17) is 11.1 Å². The van der Waals surface area contributed by atoms with E-state index in [9.17, 15) is 0 Å². The molecule has 0 heterocycles. The third-order valence-electron chi connectivity index (χ3n) is 2.23. The first-order valence-electron chi connectivity index (χ1n) is 4.87. The highest BCUT2D eigenvalue weighted by molar-refractivity contribution is 5.65. The quantitative estimate of drug-likeness (QED) is 0.471. The molecule has 2 rings (SSSR count). The van der Waals surface area contributed by atoms with Crippen LogP contribution in [-0.4, -0.2) is 0 Å². The minimum atomic E-state index is 0.676. The number of hydrogen-bond acceptors (Lipinski definition) is 3. The lowest BCUT2D eigenvalue weighted by molar-refractivity contribution is 1.20. The van der Waals surface area contributed by atoms with E-state index < -0.39 is 0 Å². The van der Waals surface area contributed by atoms with Crippen molar-refractivity contribution in [2.75, 3.05) is 10.7 Å². The van der Waals surface area contributed by atoms with E-state index >= 15 is 0 Å². The van der Waals surface area contributed by atoms with Crippen LogP contribution in [0.25, 0.3) is 5.08 Å². The van der Waals surface area contributed by atoms with Crippen LogP contribution in [0.2, 0.25) is 0 Å². The molecule has 0 fully saturated rings. The van der Waals surface area contributed by atoms with Gasteiger partial charge in [-0.05, 0) is 36.4 Å². The summed E-state index contributed by atoms with van der Waals surface area (Å²) in [5.74, 6) is 0. The van der Waals surface area contributed by atoms with Gasteiger partial charge in [0.2, 0.25) is 0 Å². The number of nitrogens with zero attached hydrogens (tertiary/aromatic N) is 3. The van der Waals surface area contributed by atoms with Crippen LogP contribution in [0.1, 0.15) is 0 Å². The lowest BCUT2D eigenvalue weighted by Gasteiger charge is -2.04. The molecule has 4 nitrogen and oxygen atoms in total. The van der Waals surface area contributed by atoms with Gasteiger partial charge < -0.3 is 5.73 Å². The second-order valence-corrected chi connectivity index (χ2v) is 3.33. The Kier molecular flexibility index (Phi) is 2.70. The molecule has 2 aromatic carbocycles. The fraction of sp³-hybridized carbons (Fsp3) is 0. The molecule has 0 spiro atoms. The zero-order valence-electron chi connectivity index (χ0n) is 8.62. The van der Waals surface area contributed by atoms with Gasteiger partial charge in [0, 0.05) is 10.7 Å². The summed E-state index contributed by atoms with van der Waals surface area (Å²) < 4.78 is 0. The Hall–Kier alpha value is -2.54. The zero-order chi connectivity index (χ0) is 11.4. The summed E-state index contributed by atoms with van der Waals surface area (Å²) in [6.07, 6.45) is 0. The average molecular weight is 211 g/mol. The lowest BCUT2D eigenvalue weighted by atomic mass is 10.2. The van der Waals surface area contributed by atoms with E-state index in [2.05, 4.69) is 5.08 Å². The van der Waals surface area contributed by atoms with Crippen LogP contribution in [0.4, 0.5) is 17.1 Å². The molecule has 0 amide bonds. The van der Waals surface area contributed by atoms with Crippen molar-refractivity contribution in [1.29, 1.82) is 5.39 Å². The molecule has 0 aromatic heterocycles. The average Bonchev–Trinajstić information content (AvgIpc) is 2.34. The monoisotopic (exact) mass is 211 g/mol. The summed E-state index contributed by atoms with van der Waals surface area (Å²) in [4.78, 5) is 0. The van der Waals surface area contributed by atoms with Crippen LogP contribution < -0.4 is 10.7 Å². The van der Waals surface area contributed by atoms with Gasteiger partial charge in [0.05, 0.1) is 0 Å². The molecule has 0 aliphatic rings. The highest BCUT2D eigenvalue weighted by Gasteiger charge is 2.18. The van der Waals surface area contributed by atoms with Crippen LogP contribution in [0.3, 0.4) is 0 Å². The van der Waals surface area contributed by atoms with Gasteiger partial charge in [-0.3, -0.25) is 0 Å². The number of diazo groups is 1. The third-order valence-corrected chi connectivity index (χ3v) is 2.23. The van der Waals surface area contributed by atoms with Crippen molar-refractivity contribution in [3.8, 4) is 0 Å². The molecule has 0 unspecified atom stereocenters. The van der Waals surface area contributed by atoms with Crippen molar-refractivity contribution in [3.05, 3.63) is 59.7 Å². The second kappa shape index (κ2) is 4.32. The van der Waals surface area contributed by atoms with Gasteiger partial charge in [0.25, 0.3) is 5.39 Å². The smallest absolute Gasteiger partial charge is 0.316 e. The molecule has 0 saturated heterocycles. The maximum Gasteiger partial charge on any atom is 0.316 e. The Morgan fingerprint density at radius 3 is 2.00 bits per heavy atom. The van der Waals surface area contributed by atoms with Crippen molar-refractivity contribution in [2.24, 2.45) is 0 Å².